The number of hydrogen-bond donors (Lipinski definition) is 1. The van der Waals surface area contributed by atoms with Crippen LogP contribution in [0, 0.1) is 12.8 Å². The first-order valence-corrected chi connectivity index (χ1v) is 7.83. The standard InChI is InChI=1S/C16H26N4O/c1-4-13(5-2)16(21)20-10-8-19(9-11-20)15-14(17)12(3)6-7-18-15/h6-7,13H,4-5,8-11,17H2,1-3H3. The van der Waals surface area contributed by atoms with E-state index in [0.29, 0.717) is 5.91 Å². The Hall–Kier alpha value is -1.78. The highest BCUT2D eigenvalue weighted by Crippen LogP contribution is 2.24. The number of aryl methyl sites for hydroxylation is 1. The number of aromatic nitrogens is 1. The Balaban J connectivity index is 2.00. The summed E-state index contributed by atoms with van der Waals surface area (Å²) in [6, 6.07) is 1.92. The van der Waals surface area contributed by atoms with Gasteiger partial charge in [-0.15, -0.1) is 0 Å². The molecule has 0 bridgehead atoms. The van der Waals surface area contributed by atoms with E-state index in [4.69, 9.17) is 5.73 Å². The Morgan fingerprint density at radius 2 is 1.90 bits per heavy atom. The van der Waals surface area contributed by atoms with E-state index in [1.807, 2.05) is 17.9 Å². The first kappa shape index (κ1) is 15.6. The molecule has 1 aromatic heterocycles. The molecular formula is C16H26N4O. The monoisotopic (exact) mass is 290 g/mol. The molecule has 0 radical (unpaired) electrons. The molecular weight excluding hydrogens is 264 g/mol. The number of piperazine rings is 1. The van der Waals surface area contributed by atoms with Crippen molar-refractivity contribution in [3.8, 4) is 0 Å². The maximum Gasteiger partial charge on any atom is 0.225 e. The fourth-order valence-electron chi connectivity index (χ4n) is 2.84. The third-order valence-electron chi connectivity index (χ3n) is 4.41. The van der Waals surface area contributed by atoms with Crippen LogP contribution < -0.4 is 10.6 Å². The second-order valence-corrected chi connectivity index (χ2v) is 5.69. The van der Waals surface area contributed by atoms with Gasteiger partial charge < -0.3 is 15.5 Å². The summed E-state index contributed by atoms with van der Waals surface area (Å²) >= 11 is 0. The molecule has 2 heterocycles. The van der Waals surface area contributed by atoms with Gasteiger partial charge in [-0.25, -0.2) is 4.98 Å². The van der Waals surface area contributed by atoms with E-state index in [9.17, 15) is 4.79 Å². The normalized spacial score (nSPS) is 15.6. The van der Waals surface area contributed by atoms with Crippen LogP contribution >= 0.6 is 0 Å². The van der Waals surface area contributed by atoms with Crippen molar-refractivity contribution < 1.29 is 4.79 Å². The number of nitrogens with zero attached hydrogens (tertiary/aromatic N) is 3. The fraction of sp³-hybridized carbons (Fsp3) is 0.625. The molecule has 1 amide bonds. The lowest BCUT2D eigenvalue weighted by Crippen LogP contribution is -2.50. The predicted octanol–water partition coefficient (Wildman–Crippen LogP) is 2.06. The largest absolute Gasteiger partial charge is 0.396 e. The maximum absolute atomic E-state index is 12.4. The van der Waals surface area contributed by atoms with Crippen molar-refractivity contribution in [2.45, 2.75) is 33.6 Å². The average Bonchev–Trinajstić information content (AvgIpc) is 2.51. The molecule has 0 aromatic carbocycles. The van der Waals surface area contributed by atoms with Gasteiger partial charge in [0.15, 0.2) is 5.82 Å². The Morgan fingerprint density at radius 1 is 1.29 bits per heavy atom. The molecule has 1 aliphatic heterocycles. The number of nitrogen functional groups attached to an aromatic ring is 1. The third kappa shape index (κ3) is 3.28. The van der Waals surface area contributed by atoms with Gasteiger partial charge in [0.2, 0.25) is 5.91 Å². The minimum Gasteiger partial charge on any atom is -0.396 e. The van der Waals surface area contributed by atoms with Gasteiger partial charge in [0.05, 0.1) is 5.69 Å². The summed E-state index contributed by atoms with van der Waals surface area (Å²) in [6.45, 7) is 9.26. The molecule has 0 unspecified atom stereocenters. The van der Waals surface area contributed by atoms with Crippen LogP contribution in [0.25, 0.3) is 0 Å². The number of nitrogens with two attached hydrogens (primary N) is 1. The molecule has 1 fully saturated rings. The molecule has 5 heteroatoms. The van der Waals surface area contributed by atoms with Crippen molar-refractivity contribution in [2.24, 2.45) is 5.92 Å². The quantitative estimate of drug-likeness (QED) is 0.922. The number of hydrogen-bond acceptors (Lipinski definition) is 4. The molecule has 21 heavy (non-hydrogen) atoms. The number of pyridine rings is 1. The first-order valence-electron chi connectivity index (χ1n) is 7.83. The molecule has 2 N–H and O–H groups in total. The summed E-state index contributed by atoms with van der Waals surface area (Å²) < 4.78 is 0. The second-order valence-electron chi connectivity index (χ2n) is 5.69. The van der Waals surface area contributed by atoms with E-state index in [-0.39, 0.29) is 5.92 Å². The summed E-state index contributed by atoms with van der Waals surface area (Å²) in [6.07, 6.45) is 3.63. The Kier molecular flexibility index (Phi) is 5.04. The van der Waals surface area contributed by atoms with Crippen molar-refractivity contribution in [3.05, 3.63) is 17.8 Å². The van der Waals surface area contributed by atoms with Gasteiger partial charge in [0.1, 0.15) is 0 Å². The zero-order valence-electron chi connectivity index (χ0n) is 13.3. The van der Waals surface area contributed by atoms with Gasteiger partial charge in [-0.05, 0) is 31.4 Å². The van der Waals surface area contributed by atoms with Crippen LogP contribution in [0.15, 0.2) is 12.3 Å². The van der Waals surface area contributed by atoms with E-state index >= 15 is 0 Å². The lowest BCUT2D eigenvalue weighted by molar-refractivity contribution is -0.136. The molecule has 5 nitrogen and oxygen atoms in total. The van der Waals surface area contributed by atoms with Gasteiger partial charge in [-0.1, -0.05) is 13.8 Å². The molecule has 2 rings (SSSR count). The summed E-state index contributed by atoms with van der Waals surface area (Å²) in [7, 11) is 0. The highest BCUT2D eigenvalue weighted by Gasteiger charge is 2.26. The number of rotatable bonds is 4. The van der Waals surface area contributed by atoms with Gasteiger partial charge >= 0.3 is 0 Å². The molecule has 0 aliphatic carbocycles. The summed E-state index contributed by atoms with van der Waals surface area (Å²) in [5.41, 5.74) is 7.91. The molecule has 1 aromatic rings. The van der Waals surface area contributed by atoms with Crippen molar-refractivity contribution >= 4 is 17.4 Å². The van der Waals surface area contributed by atoms with Crippen LogP contribution in [0.5, 0.6) is 0 Å². The van der Waals surface area contributed by atoms with Crippen LogP contribution in [0.4, 0.5) is 11.5 Å². The highest BCUT2D eigenvalue weighted by molar-refractivity contribution is 5.79. The average molecular weight is 290 g/mol. The Labute approximate surface area is 127 Å². The van der Waals surface area contributed by atoms with Gasteiger partial charge in [-0.3, -0.25) is 4.79 Å². The van der Waals surface area contributed by atoms with Crippen molar-refractivity contribution in [1.29, 1.82) is 0 Å². The predicted molar refractivity (Wildman–Crippen MR) is 86.3 cm³/mol. The topological polar surface area (TPSA) is 62.5 Å². The summed E-state index contributed by atoms with van der Waals surface area (Å²) in [5.74, 6) is 1.31. The van der Waals surface area contributed by atoms with E-state index in [0.717, 1.165) is 56.1 Å². The maximum atomic E-state index is 12.4. The van der Waals surface area contributed by atoms with Crippen LogP contribution in [-0.4, -0.2) is 42.0 Å². The number of anilines is 2. The first-order chi connectivity index (χ1) is 10.1. The summed E-state index contributed by atoms with van der Waals surface area (Å²) in [5, 5.41) is 0. The zero-order chi connectivity index (χ0) is 15.4. The molecule has 116 valence electrons. The third-order valence-corrected chi connectivity index (χ3v) is 4.41. The van der Waals surface area contributed by atoms with Gasteiger partial charge in [0, 0.05) is 38.3 Å². The van der Waals surface area contributed by atoms with Crippen molar-refractivity contribution in [2.75, 3.05) is 36.8 Å². The van der Waals surface area contributed by atoms with Gasteiger partial charge in [0.25, 0.3) is 0 Å². The summed E-state index contributed by atoms with van der Waals surface area (Å²) in [4.78, 5) is 21.0. The van der Waals surface area contributed by atoms with E-state index in [1.54, 1.807) is 6.20 Å². The molecule has 1 aliphatic rings. The van der Waals surface area contributed by atoms with E-state index < -0.39 is 0 Å². The minimum atomic E-state index is 0.165. The molecule has 0 spiro atoms. The molecule has 0 atom stereocenters. The minimum absolute atomic E-state index is 0.165. The van der Waals surface area contributed by atoms with E-state index in [1.165, 1.54) is 0 Å². The smallest absolute Gasteiger partial charge is 0.225 e. The van der Waals surface area contributed by atoms with Gasteiger partial charge in [-0.2, -0.15) is 0 Å². The van der Waals surface area contributed by atoms with Crippen LogP contribution in [0.3, 0.4) is 0 Å². The highest BCUT2D eigenvalue weighted by atomic mass is 16.2. The SMILES string of the molecule is CCC(CC)C(=O)N1CCN(c2nccc(C)c2N)CC1. The lowest BCUT2D eigenvalue weighted by Gasteiger charge is -2.37. The van der Waals surface area contributed by atoms with Crippen molar-refractivity contribution in [1.82, 2.24) is 9.88 Å². The fourth-order valence-corrected chi connectivity index (χ4v) is 2.84. The number of carbonyl (C=O) groups excluding carboxylic acids is 1. The van der Waals surface area contributed by atoms with Crippen molar-refractivity contribution in [3.63, 3.8) is 0 Å². The Morgan fingerprint density at radius 3 is 2.48 bits per heavy atom. The Bertz CT molecular complexity index is 491. The van der Waals surface area contributed by atoms with E-state index in [2.05, 4.69) is 23.7 Å². The second kappa shape index (κ2) is 6.78. The molecule has 0 saturated carbocycles. The zero-order valence-corrected chi connectivity index (χ0v) is 13.3. The number of amides is 1. The molecule has 1 saturated heterocycles. The van der Waals surface area contributed by atoms with Crippen LogP contribution in [-0.2, 0) is 4.79 Å². The lowest BCUT2D eigenvalue weighted by atomic mass is 10.0. The van der Waals surface area contributed by atoms with Crippen LogP contribution in [0.1, 0.15) is 32.3 Å². The van der Waals surface area contributed by atoms with Crippen LogP contribution in [0.2, 0.25) is 0 Å². The number of carbonyl (C=O) groups is 1.